The summed E-state index contributed by atoms with van der Waals surface area (Å²) < 4.78 is 10.9. The molecule has 3 atom stereocenters. The lowest BCUT2D eigenvalue weighted by Gasteiger charge is -2.36. The van der Waals surface area contributed by atoms with E-state index in [4.69, 9.17) is 9.47 Å². The topological polar surface area (TPSA) is 134 Å². The van der Waals surface area contributed by atoms with E-state index in [-0.39, 0.29) is 12.2 Å². The van der Waals surface area contributed by atoms with Gasteiger partial charge in [0.1, 0.15) is 35.6 Å². The van der Waals surface area contributed by atoms with E-state index in [0.29, 0.717) is 12.0 Å². The molecule has 230 valence electrons. The third-order valence-electron chi connectivity index (χ3n) is 6.16. The number of carbonyl (C=O) groups excluding carboxylic acids is 4. The summed E-state index contributed by atoms with van der Waals surface area (Å²) in [4.78, 5) is 54.7. The molecular formula is C32H45N3O7. The first-order valence-electron chi connectivity index (χ1n) is 14.1. The zero-order valence-corrected chi connectivity index (χ0v) is 25.9. The van der Waals surface area contributed by atoms with E-state index in [1.807, 2.05) is 37.3 Å². The summed E-state index contributed by atoms with van der Waals surface area (Å²) in [6.07, 6.45) is -0.0979. The predicted molar refractivity (Wildman–Crippen MR) is 160 cm³/mol. The fraction of sp³-hybridized carbons (Fsp3) is 0.500. The summed E-state index contributed by atoms with van der Waals surface area (Å²) in [6.45, 7) is 13.6. The van der Waals surface area contributed by atoms with Crippen molar-refractivity contribution < 1.29 is 33.8 Å². The Labute approximate surface area is 248 Å². The van der Waals surface area contributed by atoms with Crippen molar-refractivity contribution in [1.82, 2.24) is 15.5 Å². The molecule has 2 aromatic carbocycles. The van der Waals surface area contributed by atoms with E-state index in [9.17, 15) is 24.3 Å². The molecular weight excluding hydrogens is 538 g/mol. The molecule has 10 heteroatoms. The van der Waals surface area contributed by atoms with Crippen LogP contribution in [0.5, 0.6) is 5.75 Å². The second-order valence-corrected chi connectivity index (χ2v) is 12.2. The monoisotopic (exact) mass is 583 g/mol. The molecule has 0 radical (unpaired) electrons. The largest absolute Gasteiger partial charge is 0.508 e. The van der Waals surface area contributed by atoms with E-state index in [0.717, 1.165) is 5.56 Å². The van der Waals surface area contributed by atoms with Crippen molar-refractivity contribution in [3.63, 3.8) is 0 Å². The standard InChI is InChI=1S/C32H45N3O7/c1-9-21(2)35(26(37)20-33-30(40)42-32(6,7)8)27(23-15-17-24(36)18-16-23)28(38)34-25(29(39)41-31(3,4)5)19-22-13-11-10-12-14-22/h10-18,21,25,27,36H,9,19-20H2,1-8H3,(H,33,40)(H,34,38). The van der Waals surface area contributed by atoms with Gasteiger partial charge in [-0.25, -0.2) is 9.59 Å². The van der Waals surface area contributed by atoms with Gasteiger partial charge in [0, 0.05) is 12.5 Å². The third kappa shape index (κ3) is 11.1. The van der Waals surface area contributed by atoms with Crippen LogP contribution in [0.25, 0.3) is 0 Å². The summed E-state index contributed by atoms with van der Waals surface area (Å²) in [5.41, 5.74) is -0.322. The smallest absolute Gasteiger partial charge is 0.408 e. The van der Waals surface area contributed by atoms with Crippen LogP contribution in [0.15, 0.2) is 54.6 Å². The Balaban J connectivity index is 2.47. The van der Waals surface area contributed by atoms with Gasteiger partial charge in [0.25, 0.3) is 0 Å². The molecule has 2 aromatic rings. The number of aromatic hydroxyl groups is 1. The second-order valence-electron chi connectivity index (χ2n) is 12.2. The quantitative estimate of drug-likeness (QED) is 0.328. The highest BCUT2D eigenvalue weighted by Crippen LogP contribution is 2.27. The zero-order chi connectivity index (χ0) is 31.7. The van der Waals surface area contributed by atoms with E-state index in [1.54, 1.807) is 60.6 Å². The molecule has 0 fully saturated rings. The first-order valence-corrected chi connectivity index (χ1v) is 14.1. The average Bonchev–Trinajstić information content (AvgIpc) is 2.88. The Kier molecular flexibility index (Phi) is 11.9. The molecule has 42 heavy (non-hydrogen) atoms. The Morgan fingerprint density at radius 2 is 1.45 bits per heavy atom. The van der Waals surface area contributed by atoms with Gasteiger partial charge in [0.2, 0.25) is 11.8 Å². The van der Waals surface area contributed by atoms with E-state index < -0.39 is 59.7 Å². The van der Waals surface area contributed by atoms with Gasteiger partial charge in [0.05, 0.1) is 0 Å². The lowest BCUT2D eigenvalue weighted by molar-refractivity contribution is -0.159. The highest BCUT2D eigenvalue weighted by Gasteiger charge is 2.37. The van der Waals surface area contributed by atoms with Crippen molar-refractivity contribution in [3.8, 4) is 5.75 Å². The van der Waals surface area contributed by atoms with Crippen LogP contribution < -0.4 is 10.6 Å². The number of amides is 3. The molecule has 10 nitrogen and oxygen atoms in total. The van der Waals surface area contributed by atoms with E-state index in [2.05, 4.69) is 10.6 Å². The number of esters is 1. The predicted octanol–water partition coefficient (Wildman–Crippen LogP) is 4.65. The van der Waals surface area contributed by atoms with Crippen molar-refractivity contribution in [2.45, 2.75) is 97.6 Å². The number of phenolic OH excluding ortho intramolecular Hbond substituents is 1. The maximum absolute atomic E-state index is 14.1. The number of ether oxygens (including phenoxy) is 2. The third-order valence-corrected chi connectivity index (χ3v) is 6.16. The summed E-state index contributed by atoms with van der Waals surface area (Å²) in [7, 11) is 0. The molecule has 3 amide bonds. The number of hydrogen-bond donors (Lipinski definition) is 3. The summed E-state index contributed by atoms with van der Waals surface area (Å²) >= 11 is 0. The van der Waals surface area contributed by atoms with Gasteiger partial charge in [0.15, 0.2) is 0 Å². The maximum Gasteiger partial charge on any atom is 0.408 e. The van der Waals surface area contributed by atoms with Crippen LogP contribution in [0.3, 0.4) is 0 Å². The Bertz CT molecular complexity index is 1200. The van der Waals surface area contributed by atoms with Crippen LogP contribution >= 0.6 is 0 Å². The minimum atomic E-state index is -1.19. The Morgan fingerprint density at radius 1 is 0.881 bits per heavy atom. The van der Waals surface area contributed by atoms with Gasteiger partial charge in [-0.1, -0.05) is 49.4 Å². The number of alkyl carbamates (subject to hydrolysis) is 1. The summed E-state index contributed by atoms with van der Waals surface area (Å²) in [5, 5.41) is 15.2. The highest BCUT2D eigenvalue weighted by atomic mass is 16.6. The molecule has 0 aromatic heterocycles. The number of rotatable bonds is 11. The van der Waals surface area contributed by atoms with Crippen LogP contribution in [0.4, 0.5) is 4.79 Å². The lowest BCUT2D eigenvalue weighted by atomic mass is 9.99. The highest BCUT2D eigenvalue weighted by molar-refractivity contribution is 5.93. The number of carbonyl (C=O) groups is 4. The molecule has 0 saturated heterocycles. The Morgan fingerprint density at radius 3 is 1.98 bits per heavy atom. The number of nitrogens with one attached hydrogen (secondary N) is 2. The molecule has 0 aliphatic heterocycles. The van der Waals surface area contributed by atoms with Gasteiger partial charge in [-0.05, 0) is 78.1 Å². The average molecular weight is 584 g/mol. The zero-order valence-electron chi connectivity index (χ0n) is 25.9. The summed E-state index contributed by atoms with van der Waals surface area (Å²) in [5.74, 6) is -1.77. The van der Waals surface area contributed by atoms with Crippen LogP contribution in [0, 0.1) is 0 Å². The molecule has 3 N–H and O–H groups in total. The first-order chi connectivity index (χ1) is 19.5. The van der Waals surface area contributed by atoms with E-state index in [1.165, 1.54) is 17.0 Å². The van der Waals surface area contributed by atoms with Crippen LogP contribution in [-0.4, -0.2) is 63.7 Å². The molecule has 0 heterocycles. The molecule has 2 rings (SSSR count). The van der Waals surface area contributed by atoms with Crippen molar-refractivity contribution in [3.05, 3.63) is 65.7 Å². The molecule has 0 aliphatic rings. The van der Waals surface area contributed by atoms with E-state index >= 15 is 0 Å². The molecule has 0 bridgehead atoms. The van der Waals surface area contributed by atoms with Crippen LogP contribution in [0.2, 0.25) is 0 Å². The normalized spacial score (nSPS) is 13.7. The van der Waals surface area contributed by atoms with Crippen molar-refractivity contribution >= 4 is 23.9 Å². The van der Waals surface area contributed by atoms with Crippen molar-refractivity contribution in [2.24, 2.45) is 0 Å². The van der Waals surface area contributed by atoms with Crippen molar-refractivity contribution in [2.75, 3.05) is 6.54 Å². The van der Waals surface area contributed by atoms with Gasteiger partial charge in [-0.15, -0.1) is 0 Å². The summed E-state index contributed by atoms with van der Waals surface area (Å²) in [6, 6.07) is 12.5. The van der Waals surface area contributed by atoms with Gasteiger partial charge in [-0.3, -0.25) is 9.59 Å². The molecule has 0 spiro atoms. The van der Waals surface area contributed by atoms with Gasteiger partial charge >= 0.3 is 12.1 Å². The minimum absolute atomic E-state index is 0.0124. The van der Waals surface area contributed by atoms with Crippen molar-refractivity contribution in [1.29, 1.82) is 0 Å². The molecule has 3 unspecified atom stereocenters. The van der Waals surface area contributed by atoms with Crippen LogP contribution in [0.1, 0.15) is 79.0 Å². The van der Waals surface area contributed by atoms with Crippen LogP contribution in [-0.2, 0) is 30.3 Å². The fourth-order valence-electron chi connectivity index (χ4n) is 4.16. The SMILES string of the molecule is CCC(C)N(C(=O)CNC(=O)OC(C)(C)C)C(C(=O)NC(Cc1ccccc1)C(=O)OC(C)(C)C)c1ccc(O)cc1. The van der Waals surface area contributed by atoms with Gasteiger partial charge in [-0.2, -0.15) is 0 Å². The Hall–Kier alpha value is -4.08. The molecule has 0 saturated carbocycles. The maximum atomic E-state index is 14.1. The second kappa shape index (κ2) is 14.7. The number of benzene rings is 2. The molecule has 0 aliphatic carbocycles. The lowest BCUT2D eigenvalue weighted by Crippen LogP contribution is -2.54. The fourth-order valence-corrected chi connectivity index (χ4v) is 4.16. The number of hydrogen-bond acceptors (Lipinski definition) is 7. The first kappa shape index (κ1) is 34.1. The number of phenols is 1. The number of nitrogens with zero attached hydrogens (tertiary/aromatic N) is 1. The minimum Gasteiger partial charge on any atom is -0.508 e. The van der Waals surface area contributed by atoms with Gasteiger partial charge < -0.3 is 30.1 Å².